The van der Waals surface area contributed by atoms with Gasteiger partial charge in [-0.05, 0) is 23.3 Å². The van der Waals surface area contributed by atoms with Crippen LogP contribution in [0, 0.1) is 11.3 Å². The number of nitriles is 1. The number of nitrogens with zero attached hydrogens (tertiary/aromatic N) is 2. The lowest BCUT2D eigenvalue weighted by Gasteiger charge is -2.08. The summed E-state index contributed by atoms with van der Waals surface area (Å²) in [5.41, 5.74) is 5.95. The molecule has 0 aliphatic heterocycles. The Bertz CT molecular complexity index is 1260. The molecule has 0 fully saturated rings. The number of carbonyl (C=O) groups excluding carboxylic acids is 1. The molecule has 1 heterocycles. The average molecular weight is 348 g/mol. The molecule has 5 rings (SSSR count). The van der Waals surface area contributed by atoms with Crippen molar-refractivity contribution >= 4 is 16.9 Å². The summed E-state index contributed by atoms with van der Waals surface area (Å²) in [4.78, 5) is 17.7. The van der Waals surface area contributed by atoms with Crippen molar-refractivity contribution in [3.63, 3.8) is 0 Å². The number of phenols is 1. The van der Waals surface area contributed by atoms with Crippen molar-refractivity contribution in [3.8, 4) is 23.1 Å². The summed E-state index contributed by atoms with van der Waals surface area (Å²) in [5.74, 6) is 0.00455. The predicted molar refractivity (Wildman–Crippen MR) is 102 cm³/mol. The van der Waals surface area contributed by atoms with Gasteiger partial charge in [0.25, 0.3) is 0 Å². The van der Waals surface area contributed by atoms with E-state index in [2.05, 4.69) is 11.1 Å². The van der Waals surface area contributed by atoms with Gasteiger partial charge in [-0.25, -0.2) is 0 Å². The van der Waals surface area contributed by atoms with Gasteiger partial charge in [0.2, 0.25) is 0 Å². The monoisotopic (exact) mass is 348 g/mol. The Hall–Kier alpha value is -3.97. The quantitative estimate of drug-likeness (QED) is 0.378. The van der Waals surface area contributed by atoms with E-state index in [9.17, 15) is 15.2 Å². The molecule has 0 bridgehead atoms. The molecule has 2 aliphatic rings. The highest BCUT2D eigenvalue weighted by Gasteiger charge is 2.37. The van der Waals surface area contributed by atoms with Crippen molar-refractivity contribution < 1.29 is 9.90 Å². The van der Waals surface area contributed by atoms with Crippen LogP contribution < -0.4 is 0 Å². The minimum Gasteiger partial charge on any atom is -0.507 e. The van der Waals surface area contributed by atoms with Crippen LogP contribution in [0.2, 0.25) is 0 Å². The van der Waals surface area contributed by atoms with Crippen LogP contribution in [-0.2, 0) is 0 Å². The van der Waals surface area contributed by atoms with Gasteiger partial charge in [-0.15, -0.1) is 0 Å². The van der Waals surface area contributed by atoms with E-state index in [0.717, 1.165) is 16.7 Å². The van der Waals surface area contributed by atoms with Gasteiger partial charge in [-0.3, -0.25) is 9.78 Å². The molecule has 0 saturated carbocycles. The lowest BCUT2D eigenvalue weighted by atomic mass is 9.93. The molecule has 126 valence electrons. The smallest absolute Gasteiger partial charge is 0.194 e. The minimum absolute atomic E-state index is 0.118. The second-order valence-corrected chi connectivity index (χ2v) is 6.41. The Kier molecular flexibility index (Phi) is 3.12. The first-order chi connectivity index (χ1) is 13.2. The molecule has 0 atom stereocenters. The van der Waals surface area contributed by atoms with E-state index in [1.54, 1.807) is 24.4 Å². The zero-order valence-electron chi connectivity index (χ0n) is 14.1. The molecule has 0 saturated heterocycles. The second-order valence-electron chi connectivity index (χ2n) is 6.41. The van der Waals surface area contributed by atoms with E-state index < -0.39 is 0 Å². The molecule has 0 unspecified atom stereocenters. The van der Waals surface area contributed by atoms with Crippen molar-refractivity contribution in [1.29, 1.82) is 5.26 Å². The highest BCUT2D eigenvalue weighted by Crippen LogP contribution is 2.52. The van der Waals surface area contributed by atoms with Crippen LogP contribution in [0.5, 0.6) is 5.75 Å². The number of aromatic hydroxyl groups is 1. The van der Waals surface area contributed by atoms with Crippen LogP contribution in [0.1, 0.15) is 27.0 Å². The van der Waals surface area contributed by atoms with E-state index in [1.807, 2.05) is 36.4 Å². The summed E-state index contributed by atoms with van der Waals surface area (Å²) in [5, 5.41) is 19.8. The highest BCUT2D eigenvalue weighted by molar-refractivity contribution is 6.32. The first-order valence-electron chi connectivity index (χ1n) is 8.49. The number of hydrogen-bond donors (Lipinski definition) is 1. The van der Waals surface area contributed by atoms with Gasteiger partial charge in [-0.1, -0.05) is 42.5 Å². The predicted octanol–water partition coefficient (Wildman–Crippen LogP) is 4.37. The van der Waals surface area contributed by atoms with Crippen LogP contribution in [0.3, 0.4) is 0 Å². The SMILES string of the molecule is N#C/C=C1/C(=C2/c3cccnc3-c3c(O)cccc32)C(=O)c2ccccc21. The highest BCUT2D eigenvalue weighted by atomic mass is 16.3. The molecule has 1 N–H and O–H groups in total. The van der Waals surface area contributed by atoms with Crippen molar-refractivity contribution in [2.24, 2.45) is 0 Å². The topological polar surface area (TPSA) is 74.0 Å². The van der Waals surface area contributed by atoms with Gasteiger partial charge < -0.3 is 5.11 Å². The number of fused-ring (bicyclic) bond motifs is 4. The maximum atomic E-state index is 13.3. The molecule has 4 nitrogen and oxygen atoms in total. The fourth-order valence-electron chi connectivity index (χ4n) is 3.99. The van der Waals surface area contributed by atoms with Crippen LogP contribution in [-0.4, -0.2) is 15.9 Å². The van der Waals surface area contributed by atoms with Gasteiger partial charge in [0.1, 0.15) is 5.75 Å². The summed E-state index contributed by atoms with van der Waals surface area (Å²) in [7, 11) is 0. The normalized spacial score (nSPS) is 18.2. The molecule has 0 amide bonds. The number of benzene rings is 2. The van der Waals surface area contributed by atoms with Crippen molar-refractivity contribution in [1.82, 2.24) is 4.98 Å². The number of ketones is 1. The molecule has 0 radical (unpaired) electrons. The number of aromatic nitrogens is 1. The first kappa shape index (κ1) is 15.3. The average Bonchev–Trinajstić information content (AvgIpc) is 3.16. The number of carbonyl (C=O) groups is 1. The molecule has 3 aromatic rings. The third-order valence-corrected chi connectivity index (χ3v) is 5.04. The van der Waals surface area contributed by atoms with E-state index in [0.29, 0.717) is 33.5 Å². The minimum atomic E-state index is -0.118. The van der Waals surface area contributed by atoms with Crippen molar-refractivity contribution in [2.75, 3.05) is 0 Å². The second kappa shape index (κ2) is 5.52. The fourth-order valence-corrected chi connectivity index (χ4v) is 3.99. The third kappa shape index (κ3) is 1.97. The molecule has 4 heteroatoms. The van der Waals surface area contributed by atoms with Crippen LogP contribution in [0.25, 0.3) is 22.4 Å². The lowest BCUT2D eigenvalue weighted by molar-refractivity contribution is 0.104. The van der Waals surface area contributed by atoms with E-state index in [4.69, 9.17) is 0 Å². The molecule has 27 heavy (non-hydrogen) atoms. The van der Waals surface area contributed by atoms with Crippen LogP contribution >= 0.6 is 0 Å². The lowest BCUT2D eigenvalue weighted by Crippen LogP contribution is -1.99. The largest absolute Gasteiger partial charge is 0.507 e. The summed E-state index contributed by atoms with van der Waals surface area (Å²) in [6, 6.07) is 18.3. The van der Waals surface area contributed by atoms with Gasteiger partial charge in [0, 0.05) is 40.1 Å². The van der Waals surface area contributed by atoms with E-state index >= 15 is 0 Å². The number of rotatable bonds is 0. The number of hydrogen-bond acceptors (Lipinski definition) is 4. The number of allylic oxidation sites excluding steroid dienone is 3. The van der Waals surface area contributed by atoms with Gasteiger partial charge in [-0.2, -0.15) is 5.26 Å². The first-order valence-corrected chi connectivity index (χ1v) is 8.49. The van der Waals surface area contributed by atoms with Gasteiger partial charge in [0.15, 0.2) is 5.78 Å². The van der Waals surface area contributed by atoms with Gasteiger partial charge in [0.05, 0.1) is 17.3 Å². The summed E-state index contributed by atoms with van der Waals surface area (Å²) < 4.78 is 0. The van der Waals surface area contributed by atoms with Crippen LogP contribution in [0.4, 0.5) is 0 Å². The Morgan fingerprint density at radius 2 is 1.63 bits per heavy atom. The molecule has 2 aromatic carbocycles. The Morgan fingerprint density at radius 1 is 0.889 bits per heavy atom. The van der Waals surface area contributed by atoms with E-state index in [-0.39, 0.29) is 11.5 Å². The van der Waals surface area contributed by atoms with Gasteiger partial charge >= 0.3 is 0 Å². The standard InChI is InChI=1S/C23H12N2O2/c24-11-10-14-13-5-1-2-6-15(13)23(27)21(14)19-16-7-3-9-18(26)20(16)22-17(19)8-4-12-25-22/h1-10,12,26H/b14-10+,21-19-. The molecule has 0 spiro atoms. The summed E-state index contributed by atoms with van der Waals surface area (Å²) in [6.45, 7) is 0. The zero-order chi connectivity index (χ0) is 18.5. The number of pyridine rings is 1. The third-order valence-electron chi connectivity index (χ3n) is 5.04. The zero-order valence-corrected chi connectivity index (χ0v) is 14.1. The number of Topliss-reactive ketones (excluding diaryl/α,β-unsaturated/α-hetero) is 1. The van der Waals surface area contributed by atoms with Crippen LogP contribution in [0.15, 0.2) is 72.4 Å². The van der Waals surface area contributed by atoms with Crippen molar-refractivity contribution in [2.45, 2.75) is 0 Å². The maximum absolute atomic E-state index is 13.3. The maximum Gasteiger partial charge on any atom is 0.194 e. The van der Waals surface area contributed by atoms with E-state index in [1.165, 1.54) is 6.08 Å². The van der Waals surface area contributed by atoms with Crippen molar-refractivity contribution in [3.05, 3.63) is 94.7 Å². The number of phenolic OH excluding ortho intramolecular Hbond substituents is 1. The molecule has 1 aromatic heterocycles. The fraction of sp³-hybridized carbons (Fsp3) is 0. The Balaban J connectivity index is 1.94. The Labute approximate surface area is 155 Å². The Morgan fingerprint density at radius 3 is 2.44 bits per heavy atom. The molecular weight excluding hydrogens is 336 g/mol. The summed E-state index contributed by atoms with van der Waals surface area (Å²) in [6.07, 6.45) is 3.09. The molecular formula is C23H12N2O2. The summed E-state index contributed by atoms with van der Waals surface area (Å²) >= 11 is 0. The molecule has 2 aliphatic carbocycles.